The van der Waals surface area contributed by atoms with Gasteiger partial charge >= 0.3 is 0 Å². The van der Waals surface area contributed by atoms with Crippen LogP contribution in [0.15, 0.2) is 0 Å². The van der Waals surface area contributed by atoms with Crippen LogP contribution in [0.1, 0.15) is 12.8 Å². The van der Waals surface area contributed by atoms with Gasteiger partial charge in [-0.25, -0.2) is 13.1 Å². The van der Waals surface area contributed by atoms with Gasteiger partial charge in [0.1, 0.15) is 0 Å². The average molecular weight is 311 g/mol. The van der Waals surface area contributed by atoms with Crippen molar-refractivity contribution in [1.29, 1.82) is 0 Å². The molecular weight excluding hydrogens is 288 g/mol. The monoisotopic (exact) mass is 310 g/mol. The van der Waals surface area contributed by atoms with Crippen molar-refractivity contribution >= 4 is 33.5 Å². The van der Waals surface area contributed by atoms with Crippen molar-refractivity contribution in [3.05, 3.63) is 0 Å². The summed E-state index contributed by atoms with van der Waals surface area (Å²) in [6.07, 6.45) is 1.96. The Balaban J connectivity index is 1.72. The van der Waals surface area contributed by atoms with Gasteiger partial charge in [0.25, 0.3) is 0 Å². The normalized spacial score (nSPS) is 27.2. The predicted molar refractivity (Wildman–Crippen MR) is 81.0 cm³/mol. The third-order valence-corrected chi connectivity index (χ3v) is 7.69. The summed E-state index contributed by atoms with van der Waals surface area (Å²) in [5.74, 6) is 4.05. The lowest BCUT2D eigenvalue weighted by Crippen LogP contribution is -2.38. The van der Waals surface area contributed by atoms with E-state index >= 15 is 0 Å². The molecule has 18 heavy (non-hydrogen) atoms. The Morgan fingerprint density at radius 1 is 1.22 bits per heavy atom. The second kappa shape index (κ2) is 7.38. The Morgan fingerprint density at radius 3 is 2.67 bits per heavy atom. The van der Waals surface area contributed by atoms with Crippen LogP contribution in [0.3, 0.4) is 0 Å². The summed E-state index contributed by atoms with van der Waals surface area (Å²) in [5, 5.41) is 3.71. The number of nitrogens with one attached hydrogen (secondary N) is 2. The van der Waals surface area contributed by atoms with Gasteiger partial charge in [0, 0.05) is 29.1 Å². The molecule has 0 aromatic heterocycles. The van der Waals surface area contributed by atoms with Crippen LogP contribution in [0.4, 0.5) is 0 Å². The van der Waals surface area contributed by atoms with Crippen LogP contribution < -0.4 is 10.0 Å². The Hall–Kier alpha value is 0.570. The molecule has 0 saturated carbocycles. The highest BCUT2D eigenvalue weighted by molar-refractivity contribution is 8.06. The zero-order valence-electron chi connectivity index (χ0n) is 10.6. The molecular formula is C11H22N2O2S3. The van der Waals surface area contributed by atoms with Gasteiger partial charge < -0.3 is 5.32 Å². The van der Waals surface area contributed by atoms with Crippen molar-refractivity contribution in [3.63, 3.8) is 0 Å². The van der Waals surface area contributed by atoms with Crippen molar-refractivity contribution in [2.45, 2.75) is 18.1 Å². The van der Waals surface area contributed by atoms with E-state index in [0.717, 1.165) is 37.4 Å². The van der Waals surface area contributed by atoms with E-state index in [2.05, 4.69) is 10.0 Å². The van der Waals surface area contributed by atoms with Gasteiger partial charge in [0.05, 0.1) is 5.75 Å². The van der Waals surface area contributed by atoms with Gasteiger partial charge in [0.15, 0.2) is 0 Å². The number of sulfonamides is 1. The third kappa shape index (κ3) is 5.28. The Labute approximate surface area is 118 Å². The highest BCUT2D eigenvalue weighted by Crippen LogP contribution is 2.23. The maximum absolute atomic E-state index is 12.0. The SMILES string of the molecule is O=S(=O)(CC1CCNCC1)NCC1CSCCS1. The predicted octanol–water partition coefficient (Wildman–Crippen LogP) is 0.754. The molecule has 4 nitrogen and oxygen atoms in total. The van der Waals surface area contributed by atoms with Gasteiger partial charge in [-0.05, 0) is 31.8 Å². The van der Waals surface area contributed by atoms with Crippen molar-refractivity contribution in [3.8, 4) is 0 Å². The molecule has 2 aliphatic heterocycles. The number of thioether (sulfide) groups is 2. The summed E-state index contributed by atoms with van der Waals surface area (Å²) >= 11 is 3.82. The smallest absolute Gasteiger partial charge is 0.211 e. The molecule has 0 aromatic carbocycles. The first-order chi connectivity index (χ1) is 8.66. The molecule has 2 fully saturated rings. The van der Waals surface area contributed by atoms with E-state index in [1.807, 2.05) is 23.5 Å². The molecule has 1 atom stereocenters. The quantitative estimate of drug-likeness (QED) is 0.785. The molecule has 0 bridgehead atoms. The minimum atomic E-state index is -3.08. The molecule has 0 aromatic rings. The van der Waals surface area contributed by atoms with Gasteiger partial charge in [-0.3, -0.25) is 0 Å². The zero-order valence-corrected chi connectivity index (χ0v) is 13.0. The average Bonchev–Trinajstić information content (AvgIpc) is 2.38. The largest absolute Gasteiger partial charge is 0.317 e. The first kappa shape index (κ1) is 15.0. The molecule has 106 valence electrons. The third-order valence-electron chi connectivity index (χ3n) is 3.33. The molecule has 7 heteroatoms. The van der Waals surface area contributed by atoms with Crippen LogP contribution in [-0.2, 0) is 10.0 Å². The van der Waals surface area contributed by atoms with Gasteiger partial charge in [0.2, 0.25) is 10.0 Å². The number of hydrogen-bond donors (Lipinski definition) is 2. The van der Waals surface area contributed by atoms with Gasteiger partial charge in [-0.15, -0.1) is 0 Å². The fourth-order valence-corrected chi connectivity index (χ4v) is 6.54. The highest BCUT2D eigenvalue weighted by Gasteiger charge is 2.22. The lowest BCUT2D eigenvalue weighted by atomic mass is 10.0. The van der Waals surface area contributed by atoms with E-state index in [-0.39, 0.29) is 0 Å². The first-order valence-corrected chi connectivity index (χ1v) is 10.4. The molecule has 0 spiro atoms. The van der Waals surface area contributed by atoms with Crippen LogP contribution in [0, 0.1) is 5.92 Å². The number of hydrogen-bond acceptors (Lipinski definition) is 5. The van der Waals surface area contributed by atoms with E-state index in [4.69, 9.17) is 0 Å². The van der Waals surface area contributed by atoms with Crippen LogP contribution in [0.2, 0.25) is 0 Å². The van der Waals surface area contributed by atoms with E-state index < -0.39 is 10.0 Å². The van der Waals surface area contributed by atoms with Crippen molar-refractivity contribution in [2.75, 3.05) is 42.6 Å². The fraction of sp³-hybridized carbons (Fsp3) is 1.00. The lowest BCUT2D eigenvalue weighted by Gasteiger charge is -2.24. The van der Waals surface area contributed by atoms with Crippen molar-refractivity contribution in [1.82, 2.24) is 10.0 Å². The lowest BCUT2D eigenvalue weighted by molar-refractivity contribution is 0.400. The van der Waals surface area contributed by atoms with Crippen LogP contribution in [-0.4, -0.2) is 56.3 Å². The Kier molecular flexibility index (Phi) is 6.14. The van der Waals surface area contributed by atoms with E-state index in [0.29, 0.717) is 23.5 Å². The second-order valence-corrected chi connectivity index (χ2v) is 9.30. The summed E-state index contributed by atoms with van der Waals surface area (Å²) in [6, 6.07) is 0. The topological polar surface area (TPSA) is 58.2 Å². The van der Waals surface area contributed by atoms with Crippen LogP contribution >= 0.6 is 23.5 Å². The van der Waals surface area contributed by atoms with Crippen LogP contribution in [0.25, 0.3) is 0 Å². The second-order valence-electron chi connectivity index (χ2n) is 4.89. The molecule has 1 unspecified atom stereocenters. The standard InChI is InChI=1S/C11H22N2O2S3/c14-18(15,9-10-1-3-12-4-2-10)13-7-11-8-16-5-6-17-11/h10-13H,1-9H2. The van der Waals surface area contributed by atoms with Crippen LogP contribution in [0.5, 0.6) is 0 Å². The van der Waals surface area contributed by atoms with E-state index in [9.17, 15) is 8.42 Å². The molecule has 2 heterocycles. The van der Waals surface area contributed by atoms with Gasteiger partial charge in [-0.2, -0.15) is 23.5 Å². The summed E-state index contributed by atoms with van der Waals surface area (Å²) in [7, 11) is -3.08. The molecule has 2 N–H and O–H groups in total. The fourth-order valence-electron chi connectivity index (χ4n) is 2.29. The van der Waals surface area contributed by atoms with Crippen molar-refractivity contribution in [2.24, 2.45) is 5.92 Å². The van der Waals surface area contributed by atoms with E-state index in [1.165, 1.54) is 5.75 Å². The molecule has 2 saturated heterocycles. The first-order valence-electron chi connectivity index (χ1n) is 6.53. The zero-order chi connectivity index (χ0) is 12.8. The molecule has 0 amide bonds. The molecule has 0 radical (unpaired) electrons. The minimum absolute atomic E-state index is 0.305. The van der Waals surface area contributed by atoms with E-state index in [1.54, 1.807) is 0 Å². The molecule has 0 aliphatic carbocycles. The number of piperidine rings is 1. The summed E-state index contributed by atoms with van der Waals surface area (Å²) < 4.78 is 26.8. The molecule has 2 aliphatic rings. The maximum atomic E-state index is 12.0. The molecule has 2 rings (SSSR count). The van der Waals surface area contributed by atoms with Gasteiger partial charge in [-0.1, -0.05) is 0 Å². The van der Waals surface area contributed by atoms with Crippen molar-refractivity contribution < 1.29 is 8.42 Å². The Bertz CT molecular complexity index is 336. The summed E-state index contributed by atoms with van der Waals surface area (Å²) in [5.41, 5.74) is 0. The summed E-state index contributed by atoms with van der Waals surface area (Å²) in [4.78, 5) is 0. The summed E-state index contributed by atoms with van der Waals surface area (Å²) in [6.45, 7) is 2.51. The Morgan fingerprint density at radius 2 is 2.00 bits per heavy atom. The highest BCUT2D eigenvalue weighted by atomic mass is 32.2. The minimum Gasteiger partial charge on any atom is -0.317 e. The number of rotatable bonds is 5. The maximum Gasteiger partial charge on any atom is 0.211 e.